The number of hydrogen-bond donors (Lipinski definition) is 2. The van der Waals surface area contributed by atoms with Crippen LogP contribution in [0, 0.1) is 11.8 Å². The summed E-state index contributed by atoms with van der Waals surface area (Å²) in [7, 11) is 1.85. The largest absolute Gasteiger partial charge is 0.383 e. The molecule has 0 aliphatic heterocycles. The average Bonchev–Trinajstić information content (AvgIpc) is 3.40. The molecule has 1 atom stereocenters. The smallest absolute Gasteiger partial charge is 0.257 e. The minimum absolute atomic E-state index is 0.125. The molecule has 3 N–H and O–H groups in total. The number of aromatic nitrogens is 6. The van der Waals surface area contributed by atoms with Crippen LogP contribution in [0.4, 0.5) is 5.82 Å². The molecule has 2 aromatic carbocycles. The third-order valence-electron chi connectivity index (χ3n) is 6.66. The third kappa shape index (κ3) is 4.70. The number of amides is 1. The summed E-state index contributed by atoms with van der Waals surface area (Å²) in [4.78, 5) is 22.1. The van der Waals surface area contributed by atoms with E-state index in [1.807, 2.05) is 62.6 Å². The average molecular weight is 525 g/mol. The SMILES string of the molecule is C[C@@H](NC(=O)c1c(N)ncc2cccnc12)c1cc2nncc(C#Cc3cnn(C)c3)c2cc1-c1ccccc1. The summed E-state index contributed by atoms with van der Waals surface area (Å²) in [6.45, 7) is 1.92. The summed E-state index contributed by atoms with van der Waals surface area (Å²) < 4.78 is 1.71. The summed E-state index contributed by atoms with van der Waals surface area (Å²) in [5.41, 5.74) is 11.9. The normalized spacial score (nSPS) is 11.7. The molecule has 0 saturated carbocycles. The van der Waals surface area contributed by atoms with Crippen molar-refractivity contribution in [2.24, 2.45) is 7.05 Å². The number of carbonyl (C=O) groups excluding carboxylic acids is 1. The zero-order valence-corrected chi connectivity index (χ0v) is 21.8. The van der Waals surface area contributed by atoms with Crippen LogP contribution in [0.1, 0.15) is 40.0 Å². The topological polar surface area (TPSA) is 124 Å². The standard InChI is InChI=1S/C31H24N8O/c1-19(37-31(40)28-29-23(9-6-12-33-29)16-34-30(28)32)24-14-27-26(13-25(24)21-7-4-3-5-8-21)22(17-35-38-27)11-10-20-15-36-39(2)18-20/h3-9,12-19H,1-2H3,(H2,32,34)(H,37,40)/t19-/m1/s1. The van der Waals surface area contributed by atoms with E-state index in [2.05, 4.69) is 48.5 Å². The quantitative estimate of drug-likeness (QED) is 0.327. The van der Waals surface area contributed by atoms with Gasteiger partial charge in [0.25, 0.3) is 5.91 Å². The predicted octanol–water partition coefficient (Wildman–Crippen LogP) is 4.45. The molecule has 4 heterocycles. The third-order valence-corrected chi connectivity index (χ3v) is 6.66. The second-order valence-electron chi connectivity index (χ2n) is 9.39. The molecule has 40 heavy (non-hydrogen) atoms. The van der Waals surface area contributed by atoms with Gasteiger partial charge in [0.1, 0.15) is 11.4 Å². The highest BCUT2D eigenvalue weighted by Crippen LogP contribution is 2.33. The number of nitrogens with zero attached hydrogens (tertiary/aromatic N) is 6. The summed E-state index contributed by atoms with van der Waals surface area (Å²) in [5.74, 6) is 6.14. The number of benzene rings is 2. The van der Waals surface area contributed by atoms with Crippen LogP contribution in [-0.4, -0.2) is 35.9 Å². The first-order chi connectivity index (χ1) is 19.5. The number of nitrogens with one attached hydrogen (secondary N) is 1. The van der Waals surface area contributed by atoms with Crippen molar-refractivity contribution in [1.82, 2.24) is 35.3 Å². The molecule has 0 spiro atoms. The second-order valence-corrected chi connectivity index (χ2v) is 9.39. The van der Waals surface area contributed by atoms with E-state index in [1.165, 1.54) is 0 Å². The highest BCUT2D eigenvalue weighted by molar-refractivity contribution is 6.09. The maximum absolute atomic E-state index is 13.5. The first-order valence-electron chi connectivity index (χ1n) is 12.6. The molecule has 0 bridgehead atoms. The number of pyridine rings is 2. The monoisotopic (exact) mass is 524 g/mol. The summed E-state index contributed by atoms with van der Waals surface area (Å²) in [6, 6.07) is 17.2. The van der Waals surface area contributed by atoms with Gasteiger partial charge in [0, 0.05) is 36.4 Å². The van der Waals surface area contributed by atoms with Crippen molar-refractivity contribution in [2.45, 2.75) is 13.0 Å². The van der Waals surface area contributed by atoms with Crippen molar-refractivity contribution < 1.29 is 4.79 Å². The van der Waals surface area contributed by atoms with Crippen LogP contribution < -0.4 is 11.1 Å². The Labute approximate surface area is 230 Å². The molecule has 0 saturated heterocycles. The van der Waals surface area contributed by atoms with E-state index in [0.29, 0.717) is 11.0 Å². The number of nitrogen functional groups attached to an aromatic ring is 1. The van der Waals surface area contributed by atoms with Crippen molar-refractivity contribution in [2.75, 3.05) is 5.73 Å². The van der Waals surface area contributed by atoms with Crippen LogP contribution in [0.15, 0.2) is 85.6 Å². The fourth-order valence-electron chi connectivity index (χ4n) is 4.70. The maximum atomic E-state index is 13.5. The number of fused-ring (bicyclic) bond motifs is 2. The van der Waals surface area contributed by atoms with Crippen LogP contribution in [0.5, 0.6) is 0 Å². The van der Waals surface area contributed by atoms with E-state index in [4.69, 9.17) is 5.73 Å². The molecule has 194 valence electrons. The molecular formula is C31H24N8O. The molecule has 0 aliphatic carbocycles. The van der Waals surface area contributed by atoms with Crippen molar-refractivity contribution in [1.29, 1.82) is 0 Å². The van der Waals surface area contributed by atoms with E-state index < -0.39 is 6.04 Å². The first kappa shape index (κ1) is 24.7. The minimum atomic E-state index is -0.405. The number of rotatable bonds is 4. The summed E-state index contributed by atoms with van der Waals surface area (Å²) in [5, 5.41) is 17.5. The highest BCUT2D eigenvalue weighted by atomic mass is 16.1. The van der Waals surface area contributed by atoms with Gasteiger partial charge in [0.2, 0.25) is 0 Å². The highest BCUT2D eigenvalue weighted by Gasteiger charge is 2.21. The lowest BCUT2D eigenvalue weighted by Gasteiger charge is -2.20. The Kier molecular flexibility index (Phi) is 6.34. The zero-order valence-electron chi connectivity index (χ0n) is 21.8. The van der Waals surface area contributed by atoms with E-state index in [0.717, 1.165) is 38.6 Å². The van der Waals surface area contributed by atoms with Crippen molar-refractivity contribution in [3.63, 3.8) is 0 Å². The molecule has 9 heteroatoms. The fraction of sp³-hybridized carbons (Fsp3) is 0.0968. The number of carbonyl (C=O) groups is 1. The van der Waals surface area contributed by atoms with Gasteiger partial charge in [0.05, 0.1) is 40.6 Å². The first-order valence-corrected chi connectivity index (χ1v) is 12.6. The number of aryl methyl sites for hydroxylation is 1. The van der Waals surface area contributed by atoms with Gasteiger partial charge in [-0.1, -0.05) is 42.2 Å². The lowest BCUT2D eigenvalue weighted by molar-refractivity contribution is 0.0942. The Morgan fingerprint density at radius 3 is 2.67 bits per heavy atom. The van der Waals surface area contributed by atoms with E-state index in [1.54, 1.807) is 35.5 Å². The summed E-state index contributed by atoms with van der Waals surface area (Å²) >= 11 is 0. The molecule has 0 fully saturated rings. The number of nitrogens with two attached hydrogens (primary N) is 1. The van der Waals surface area contributed by atoms with Crippen molar-refractivity contribution in [3.05, 3.63) is 108 Å². The van der Waals surface area contributed by atoms with Crippen LogP contribution in [0.25, 0.3) is 32.9 Å². The van der Waals surface area contributed by atoms with Crippen molar-refractivity contribution in [3.8, 4) is 23.0 Å². The number of anilines is 1. The van der Waals surface area contributed by atoms with Gasteiger partial charge < -0.3 is 11.1 Å². The lowest BCUT2D eigenvalue weighted by atomic mass is 9.92. The molecule has 0 unspecified atom stereocenters. The van der Waals surface area contributed by atoms with E-state index in [9.17, 15) is 4.79 Å². The van der Waals surface area contributed by atoms with Crippen molar-refractivity contribution >= 4 is 33.5 Å². The number of hydrogen-bond acceptors (Lipinski definition) is 7. The van der Waals surface area contributed by atoms with E-state index in [-0.39, 0.29) is 17.3 Å². The van der Waals surface area contributed by atoms with Crippen LogP contribution in [0.3, 0.4) is 0 Å². The molecule has 1 amide bonds. The maximum Gasteiger partial charge on any atom is 0.257 e. The van der Waals surface area contributed by atoms with Gasteiger partial charge in [-0.25, -0.2) is 4.98 Å². The van der Waals surface area contributed by atoms with Gasteiger partial charge in [-0.15, -0.1) is 0 Å². The Hall–Kier alpha value is -5.62. The van der Waals surface area contributed by atoms with Gasteiger partial charge in [0.15, 0.2) is 0 Å². The van der Waals surface area contributed by atoms with Crippen LogP contribution in [-0.2, 0) is 7.05 Å². The van der Waals surface area contributed by atoms with Gasteiger partial charge in [-0.3, -0.25) is 14.5 Å². The molecule has 9 nitrogen and oxygen atoms in total. The molecule has 6 rings (SSSR count). The minimum Gasteiger partial charge on any atom is -0.383 e. The Balaban J connectivity index is 1.44. The molecule has 6 aromatic rings. The van der Waals surface area contributed by atoms with E-state index >= 15 is 0 Å². The second kappa shape index (κ2) is 10.3. The van der Waals surface area contributed by atoms with Crippen LogP contribution >= 0.6 is 0 Å². The molecule has 4 aromatic heterocycles. The molecular weight excluding hydrogens is 500 g/mol. The predicted molar refractivity (Wildman–Crippen MR) is 154 cm³/mol. The van der Waals surface area contributed by atoms with Gasteiger partial charge in [-0.2, -0.15) is 15.3 Å². The van der Waals surface area contributed by atoms with Crippen LogP contribution in [0.2, 0.25) is 0 Å². The molecule has 0 aliphatic rings. The zero-order chi connectivity index (χ0) is 27.6. The van der Waals surface area contributed by atoms with Gasteiger partial charge >= 0.3 is 0 Å². The Morgan fingerprint density at radius 2 is 1.88 bits per heavy atom. The lowest BCUT2D eigenvalue weighted by Crippen LogP contribution is -2.28. The Morgan fingerprint density at radius 1 is 1.02 bits per heavy atom. The fourth-order valence-corrected chi connectivity index (χ4v) is 4.70. The molecule has 0 radical (unpaired) electrons. The Bertz CT molecular complexity index is 1950. The van der Waals surface area contributed by atoms with Gasteiger partial charge in [-0.05, 0) is 47.9 Å². The summed E-state index contributed by atoms with van der Waals surface area (Å²) in [6.07, 6.45) is 8.48.